The highest BCUT2D eigenvalue weighted by Gasteiger charge is 2.39. The fourth-order valence-electron chi connectivity index (χ4n) is 8.02. The van der Waals surface area contributed by atoms with Crippen LogP contribution in [0.2, 0.25) is 0 Å². The van der Waals surface area contributed by atoms with Crippen molar-refractivity contribution >= 4 is 75.8 Å². The standard InChI is InChI=1S/C48H77N17O11/c1-27(59-45(73)39(37(66)24-52)64-41(69)30(53)12-4-6-18-49)40(68)58-26-38(67)60-33(15-8-20-51)46(74)65-22-10-17-36(65)44(72)63-35(23-28-25-57-31-13-3-2-11-29(28)31)43(71)61-32(14-5-7-19-50)42(70)62-34(47(75)76)16-9-21-56-48(54)55/h2-3,11,13,16,25,27,30,32,35-37,39,57,66H,4-10,12,14-15,17-24,26,49-53H2,1H3,(H,58,68)(H,59,73)(H,61,71)(H,62,70)(H,63,72)(H,64,69)(H,75,76)(H4,54,55,56)/b34-16-,60-33?/t27-,30-,32-,35-,36-,37-,39-/m0/s1. The number of carbonyl (C=O) groups is 9. The molecule has 1 aromatic heterocycles. The maximum Gasteiger partial charge on any atom is 0.352 e. The van der Waals surface area contributed by atoms with E-state index in [1.807, 2.05) is 18.2 Å². The molecule has 1 aliphatic heterocycles. The Kier molecular flexibility index (Phi) is 27.2. The number of carboxylic acids is 1. The molecule has 7 atom stereocenters. The molecule has 1 aromatic carbocycles. The van der Waals surface area contributed by atoms with Gasteiger partial charge in [-0.05, 0) is 102 Å². The minimum atomic E-state index is -1.57. The van der Waals surface area contributed by atoms with Crippen molar-refractivity contribution in [3.8, 4) is 0 Å². The molecule has 8 amide bonds. The van der Waals surface area contributed by atoms with E-state index in [1.54, 1.807) is 12.3 Å². The Bertz CT molecular complexity index is 2410. The summed E-state index contributed by atoms with van der Waals surface area (Å²) < 4.78 is 0. The third kappa shape index (κ3) is 20.4. The lowest BCUT2D eigenvalue weighted by Gasteiger charge is -2.28. The molecule has 1 saturated heterocycles. The number of amides is 8. The lowest BCUT2D eigenvalue weighted by atomic mass is 10.0. The molecule has 0 saturated carbocycles. The molecule has 0 unspecified atom stereocenters. The van der Waals surface area contributed by atoms with Crippen LogP contribution in [0.25, 0.3) is 10.9 Å². The number of nitrogens with zero attached hydrogens (tertiary/aromatic N) is 3. The molecule has 420 valence electrons. The van der Waals surface area contributed by atoms with E-state index >= 15 is 0 Å². The molecule has 2 aromatic rings. The van der Waals surface area contributed by atoms with Crippen LogP contribution in [0.1, 0.15) is 83.1 Å². The van der Waals surface area contributed by atoms with Crippen molar-refractivity contribution in [2.75, 3.05) is 45.8 Å². The summed E-state index contributed by atoms with van der Waals surface area (Å²) in [4.78, 5) is 133. The molecule has 28 nitrogen and oxygen atoms in total. The smallest absolute Gasteiger partial charge is 0.352 e. The predicted molar refractivity (Wildman–Crippen MR) is 282 cm³/mol. The first kappa shape index (κ1) is 62.9. The maximum atomic E-state index is 14.4. The van der Waals surface area contributed by atoms with Crippen LogP contribution in [0.4, 0.5) is 0 Å². The number of nitrogens with two attached hydrogens (primary N) is 7. The van der Waals surface area contributed by atoms with Gasteiger partial charge in [-0.3, -0.25) is 43.3 Å². The summed E-state index contributed by atoms with van der Waals surface area (Å²) in [6.07, 6.45) is 4.25. The lowest BCUT2D eigenvalue weighted by molar-refractivity contribution is -0.137. The third-order valence-corrected chi connectivity index (χ3v) is 12.2. The summed E-state index contributed by atoms with van der Waals surface area (Å²) in [6.45, 7) is 1.01. The Hall–Kier alpha value is -7.37. The first-order valence-electron chi connectivity index (χ1n) is 25.3. The topological polar surface area (TPSA) is 492 Å². The fraction of sp³-hybridized carbons (Fsp3) is 0.562. The molecule has 1 aliphatic rings. The Morgan fingerprint density at radius 3 is 2.17 bits per heavy atom. The predicted octanol–water partition coefficient (Wildman–Crippen LogP) is -4.86. The second kappa shape index (κ2) is 32.8. The number of aliphatic imine (C=N–C) groups is 2. The summed E-state index contributed by atoms with van der Waals surface area (Å²) in [5.41, 5.74) is 39.8. The first-order valence-corrected chi connectivity index (χ1v) is 25.3. The molecule has 0 aliphatic carbocycles. The van der Waals surface area contributed by atoms with Gasteiger partial charge in [-0.25, -0.2) is 9.79 Å². The molecular weight excluding hydrogens is 991 g/mol. The molecule has 0 radical (unpaired) electrons. The zero-order valence-electron chi connectivity index (χ0n) is 42.9. The average molecular weight is 1070 g/mol. The quantitative estimate of drug-likeness (QED) is 0.0138. The van der Waals surface area contributed by atoms with Crippen molar-refractivity contribution in [3.05, 3.63) is 47.8 Å². The van der Waals surface area contributed by atoms with Crippen LogP contribution in [0, 0.1) is 0 Å². The number of unbranched alkanes of at least 4 members (excludes halogenated alkanes) is 2. The second-order valence-electron chi connectivity index (χ2n) is 18.1. The van der Waals surface area contributed by atoms with Crippen molar-refractivity contribution < 1.29 is 53.4 Å². The number of fused-ring (bicyclic) bond motifs is 1. The molecule has 1 fully saturated rings. The molecule has 0 bridgehead atoms. The van der Waals surface area contributed by atoms with Gasteiger partial charge >= 0.3 is 5.97 Å². The number of likely N-dealkylation sites (tertiary alicyclic amines) is 1. The van der Waals surface area contributed by atoms with Gasteiger partial charge in [0.05, 0.1) is 18.7 Å². The Morgan fingerprint density at radius 1 is 0.829 bits per heavy atom. The van der Waals surface area contributed by atoms with Gasteiger partial charge in [0.15, 0.2) is 5.96 Å². The molecule has 0 spiro atoms. The first-order chi connectivity index (χ1) is 36.3. The molecule has 76 heavy (non-hydrogen) atoms. The summed E-state index contributed by atoms with van der Waals surface area (Å²) in [7, 11) is 0. The largest absolute Gasteiger partial charge is 0.477 e. The number of benzene rings is 1. The summed E-state index contributed by atoms with van der Waals surface area (Å²) in [5.74, 6) is -8.32. The Labute approximate surface area is 439 Å². The van der Waals surface area contributed by atoms with Crippen LogP contribution in [-0.4, -0.2) is 173 Å². The lowest BCUT2D eigenvalue weighted by Crippen LogP contribution is -2.60. The van der Waals surface area contributed by atoms with E-state index in [2.05, 4.69) is 46.9 Å². The van der Waals surface area contributed by atoms with Crippen molar-refractivity contribution in [2.45, 2.75) is 126 Å². The van der Waals surface area contributed by atoms with Crippen LogP contribution in [0.5, 0.6) is 0 Å². The fourth-order valence-corrected chi connectivity index (χ4v) is 8.02. The number of carbonyl (C=O) groups excluding carboxylic acids is 8. The summed E-state index contributed by atoms with van der Waals surface area (Å²) in [5, 5.41) is 35.9. The number of guanidine groups is 1. The number of aromatic nitrogens is 1. The molecule has 28 heteroatoms. The highest BCUT2D eigenvalue weighted by atomic mass is 16.4. The van der Waals surface area contributed by atoms with Gasteiger partial charge in [0.2, 0.25) is 35.4 Å². The van der Waals surface area contributed by atoms with Gasteiger partial charge in [-0.2, -0.15) is 0 Å². The number of rotatable bonds is 33. The van der Waals surface area contributed by atoms with Gasteiger partial charge in [-0.15, -0.1) is 0 Å². The van der Waals surface area contributed by atoms with Gasteiger partial charge in [0.25, 0.3) is 11.8 Å². The SMILES string of the molecule is C[C@H](NC(=O)[C@@H](NC(=O)[C@@H](N)CCCCN)[C@@H](O)CN)C(=O)NCC(=O)N=C(CCCN)C(=O)N1CCC[C@H]1C(=O)N[C@@H](Cc1c[nH]c2ccccc12)C(=O)N[C@@H](CCCCN)C(=O)N/C(=C\CCN=C(N)N)C(=O)O. The zero-order valence-corrected chi connectivity index (χ0v) is 42.9. The van der Waals surface area contributed by atoms with Crippen molar-refractivity contribution in [2.24, 2.45) is 50.1 Å². The molecular formula is C48H77N17O11. The van der Waals surface area contributed by atoms with Gasteiger partial charge in [-0.1, -0.05) is 30.7 Å². The van der Waals surface area contributed by atoms with Crippen molar-refractivity contribution in [1.29, 1.82) is 0 Å². The normalized spacial score (nSPS) is 16.0. The zero-order chi connectivity index (χ0) is 56.3. The average Bonchev–Trinajstić information content (AvgIpc) is 4.06. The number of aliphatic hydroxyl groups excluding tert-OH is 1. The number of carboxylic acid groups (broad SMARTS) is 1. The van der Waals surface area contributed by atoms with E-state index in [9.17, 15) is 53.4 Å². The van der Waals surface area contributed by atoms with Crippen LogP contribution < -0.4 is 72.0 Å². The van der Waals surface area contributed by atoms with Gasteiger partial charge < -0.3 is 92.1 Å². The van der Waals surface area contributed by atoms with E-state index in [0.717, 1.165) is 10.9 Å². The maximum absolute atomic E-state index is 14.4. The summed E-state index contributed by atoms with van der Waals surface area (Å²) in [6, 6.07) is -0.445. The highest BCUT2D eigenvalue weighted by Crippen LogP contribution is 2.22. The number of para-hydroxylation sites is 1. The Balaban J connectivity index is 1.82. The summed E-state index contributed by atoms with van der Waals surface area (Å²) >= 11 is 0. The van der Waals surface area contributed by atoms with E-state index in [-0.39, 0.29) is 82.8 Å². The van der Waals surface area contributed by atoms with Gasteiger partial charge in [0, 0.05) is 43.2 Å². The van der Waals surface area contributed by atoms with Crippen molar-refractivity contribution in [3.63, 3.8) is 0 Å². The van der Waals surface area contributed by atoms with Crippen LogP contribution in [-0.2, 0) is 49.6 Å². The molecule has 2 heterocycles. The second-order valence-corrected chi connectivity index (χ2v) is 18.1. The van der Waals surface area contributed by atoms with E-state index in [4.69, 9.17) is 40.1 Å². The number of H-pyrrole nitrogens is 1. The Morgan fingerprint density at radius 2 is 1.51 bits per heavy atom. The molecule has 3 rings (SSSR count). The number of nitrogens with one attached hydrogen (secondary N) is 7. The monoisotopic (exact) mass is 1070 g/mol. The van der Waals surface area contributed by atoms with Crippen LogP contribution >= 0.6 is 0 Å². The third-order valence-electron chi connectivity index (χ3n) is 12.2. The van der Waals surface area contributed by atoms with E-state index in [0.29, 0.717) is 44.2 Å². The van der Waals surface area contributed by atoms with E-state index in [1.165, 1.54) is 17.9 Å². The van der Waals surface area contributed by atoms with Crippen LogP contribution in [0.3, 0.4) is 0 Å². The van der Waals surface area contributed by atoms with Crippen molar-refractivity contribution in [1.82, 2.24) is 41.8 Å². The number of hydrogen-bond donors (Lipinski definition) is 16. The highest BCUT2D eigenvalue weighted by molar-refractivity contribution is 6.40. The number of hydrogen-bond acceptors (Lipinski definition) is 16. The minimum absolute atomic E-state index is 0.0397. The van der Waals surface area contributed by atoms with Gasteiger partial charge in [0.1, 0.15) is 41.6 Å². The molecule has 23 N–H and O–H groups in total. The minimum Gasteiger partial charge on any atom is -0.477 e. The van der Waals surface area contributed by atoms with Crippen LogP contribution in [0.15, 0.2) is 52.2 Å². The number of aliphatic hydroxyl groups is 1. The number of aliphatic carboxylic acids is 1. The number of aromatic amines is 1. The van der Waals surface area contributed by atoms with E-state index < -0.39 is 114 Å².